The van der Waals surface area contributed by atoms with Crippen molar-refractivity contribution in [2.45, 2.75) is 19.5 Å². The lowest BCUT2D eigenvalue weighted by molar-refractivity contribution is 0.372. The highest BCUT2D eigenvalue weighted by Crippen LogP contribution is 2.28. The molecule has 1 heterocycles. The summed E-state index contributed by atoms with van der Waals surface area (Å²) in [7, 11) is 1.54. The van der Waals surface area contributed by atoms with Crippen LogP contribution in [-0.2, 0) is 6.54 Å². The number of nitrogens with one attached hydrogen (secondary N) is 2. The molecule has 1 atom stereocenters. The highest BCUT2D eigenvalue weighted by atomic mass is 16.5. The minimum absolute atomic E-state index is 0.155. The topological polar surface area (TPSA) is 70.2 Å². The molecule has 0 fully saturated rings. The highest BCUT2D eigenvalue weighted by molar-refractivity contribution is 5.42. The molecule has 0 radical (unpaired) electrons. The molecule has 0 bridgehead atoms. The Morgan fingerprint density at radius 2 is 2.33 bits per heavy atom. The van der Waals surface area contributed by atoms with Crippen molar-refractivity contribution in [3.05, 3.63) is 42.0 Å². The molecule has 0 aliphatic heterocycles. The molecule has 1 unspecified atom stereocenters. The van der Waals surface area contributed by atoms with Crippen molar-refractivity contribution < 1.29 is 9.84 Å². The molecule has 2 aromatic rings. The van der Waals surface area contributed by atoms with Crippen LogP contribution in [0.1, 0.15) is 24.2 Å². The minimum atomic E-state index is 0.155. The van der Waals surface area contributed by atoms with Crippen molar-refractivity contribution in [3.8, 4) is 11.5 Å². The molecule has 1 aromatic carbocycles. The van der Waals surface area contributed by atoms with Gasteiger partial charge in [-0.05, 0) is 24.6 Å². The number of methoxy groups -OCH3 is 1. The summed E-state index contributed by atoms with van der Waals surface area (Å²) in [5.74, 6) is 0.643. The van der Waals surface area contributed by atoms with E-state index in [9.17, 15) is 5.11 Å². The van der Waals surface area contributed by atoms with Gasteiger partial charge in [-0.3, -0.25) is 0 Å². The quantitative estimate of drug-likeness (QED) is 0.755. The summed E-state index contributed by atoms with van der Waals surface area (Å²) >= 11 is 0. The Hall–Kier alpha value is -2.01. The van der Waals surface area contributed by atoms with Gasteiger partial charge in [0, 0.05) is 24.5 Å². The SMILES string of the molecule is COc1cc(C(C)NCc2cnc[nH]2)ccc1O. The number of phenols is 1. The van der Waals surface area contributed by atoms with Crippen molar-refractivity contribution in [2.24, 2.45) is 0 Å². The van der Waals surface area contributed by atoms with Crippen LogP contribution < -0.4 is 10.1 Å². The van der Waals surface area contributed by atoms with E-state index in [1.54, 1.807) is 25.7 Å². The van der Waals surface area contributed by atoms with Crippen molar-refractivity contribution in [1.82, 2.24) is 15.3 Å². The van der Waals surface area contributed by atoms with Crippen molar-refractivity contribution in [3.63, 3.8) is 0 Å². The molecule has 3 N–H and O–H groups in total. The zero-order valence-electron chi connectivity index (χ0n) is 10.5. The lowest BCUT2D eigenvalue weighted by Gasteiger charge is -2.15. The second-order valence-electron chi connectivity index (χ2n) is 4.11. The monoisotopic (exact) mass is 247 g/mol. The van der Waals surface area contributed by atoms with Gasteiger partial charge < -0.3 is 20.1 Å². The number of hydrogen-bond acceptors (Lipinski definition) is 4. The third-order valence-electron chi connectivity index (χ3n) is 2.86. The summed E-state index contributed by atoms with van der Waals surface area (Å²) in [5.41, 5.74) is 2.09. The number of aromatic hydroxyl groups is 1. The van der Waals surface area contributed by atoms with Crippen LogP contribution in [0.4, 0.5) is 0 Å². The standard InChI is InChI=1S/C13H17N3O2/c1-9(15-7-11-6-14-8-16-11)10-3-4-12(17)13(5-10)18-2/h3-6,8-9,15,17H,7H2,1-2H3,(H,14,16). The fourth-order valence-electron chi connectivity index (χ4n) is 1.73. The molecule has 0 aliphatic carbocycles. The fourth-order valence-corrected chi connectivity index (χ4v) is 1.73. The number of phenolic OH excluding ortho intramolecular Hbond substituents is 1. The summed E-state index contributed by atoms with van der Waals surface area (Å²) in [5, 5.41) is 12.9. The Labute approximate surface area is 106 Å². The largest absolute Gasteiger partial charge is 0.504 e. The third-order valence-corrected chi connectivity index (χ3v) is 2.86. The summed E-state index contributed by atoms with van der Waals surface area (Å²) in [6, 6.07) is 5.51. The van der Waals surface area contributed by atoms with Gasteiger partial charge in [-0.2, -0.15) is 0 Å². The molecule has 2 rings (SSSR count). The summed E-state index contributed by atoms with van der Waals surface area (Å²) in [6.07, 6.45) is 3.45. The Balaban J connectivity index is 2.02. The summed E-state index contributed by atoms with van der Waals surface area (Å²) < 4.78 is 5.09. The Morgan fingerprint density at radius 1 is 1.50 bits per heavy atom. The number of aromatic amines is 1. The average Bonchev–Trinajstić information content (AvgIpc) is 2.89. The van der Waals surface area contributed by atoms with Crippen LogP contribution in [0.15, 0.2) is 30.7 Å². The number of aromatic nitrogens is 2. The van der Waals surface area contributed by atoms with Gasteiger partial charge in [0.25, 0.3) is 0 Å². The summed E-state index contributed by atoms with van der Waals surface area (Å²) in [4.78, 5) is 7.00. The lowest BCUT2D eigenvalue weighted by Crippen LogP contribution is -2.18. The first-order valence-electron chi connectivity index (χ1n) is 5.78. The Morgan fingerprint density at radius 3 is 3.00 bits per heavy atom. The average molecular weight is 247 g/mol. The molecular formula is C13H17N3O2. The van der Waals surface area contributed by atoms with E-state index in [1.807, 2.05) is 12.1 Å². The number of nitrogens with zero attached hydrogens (tertiary/aromatic N) is 1. The maximum Gasteiger partial charge on any atom is 0.160 e. The number of imidazole rings is 1. The van der Waals surface area contributed by atoms with Crippen LogP contribution in [0.5, 0.6) is 11.5 Å². The lowest BCUT2D eigenvalue weighted by atomic mass is 10.1. The van der Waals surface area contributed by atoms with Gasteiger partial charge >= 0.3 is 0 Å². The van der Waals surface area contributed by atoms with Crippen LogP contribution in [0.25, 0.3) is 0 Å². The van der Waals surface area contributed by atoms with E-state index >= 15 is 0 Å². The van der Waals surface area contributed by atoms with E-state index in [0.717, 1.165) is 11.3 Å². The second-order valence-corrected chi connectivity index (χ2v) is 4.11. The number of benzene rings is 1. The van der Waals surface area contributed by atoms with Gasteiger partial charge in [-0.15, -0.1) is 0 Å². The molecule has 0 spiro atoms. The molecule has 1 aromatic heterocycles. The van der Waals surface area contributed by atoms with Crippen LogP contribution >= 0.6 is 0 Å². The highest BCUT2D eigenvalue weighted by Gasteiger charge is 2.09. The Kier molecular flexibility index (Phi) is 3.84. The predicted octanol–water partition coefficient (Wildman–Crippen LogP) is 1.97. The van der Waals surface area contributed by atoms with Gasteiger partial charge in [-0.25, -0.2) is 4.98 Å². The van der Waals surface area contributed by atoms with E-state index < -0.39 is 0 Å². The van der Waals surface area contributed by atoms with Gasteiger partial charge in [0.1, 0.15) is 0 Å². The first kappa shape index (κ1) is 12.4. The molecule has 0 amide bonds. The molecule has 96 valence electrons. The van der Waals surface area contributed by atoms with Gasteiger partial charge in [0.2, 0.25) is 0 Å². The molecule has 18 heavy (non-hydrogen) atoms. The molecule has 0 aliphatic rings. The molecule has 0 saturated heterocycles. The number of hydrogen-bond donors (Lipinski definition) is 3. The van der Waals surface area contributed by atoms with Crippen molar-refractivity contribution >= 4 is 0 Å². The van der Waals surface area contributed by atoms with Crippen molar-refractivity contribution in [1.29, 1.82) is 0 Å². The van der Waals surface area contributed by atoms with E-state index in [4.69, 9.17) is 4.74 Å². The zero-order valence-corrected chi connectivity index (χ0v) is 10.5. The number of H-pyrrole nitrogens is 1. The fraction of sp³-hybridized carbons (Fsp3) is 0.308. The van der Waals surface area contributed by atoms with Crippen molar-refractivity contribution in [2.75, 3.05) is 7.11 Å². The molecular weight excluding hydrogens is 230 g/mol. The summed E-state index contributed by atoms with van der Waals surface area (Å²) in [6.45, 7) is 2.77. The van der Waals surface area contributed by atoms with Gasteiger partial charge in [0.05, 0.1) is 13.4 Å². The van der Waals surface area contributed by atoms with E-state index in [-0.39, 0.29) is 11.8 Å². The van der Waals surface area contributed by atoms with E-state index in [0.29, 0.717) is 12.3 Å². The molecule has 5 heteroatoms. The maximum atomic E-state index is 9.54. The molecule has 0 saturated carbocycles. The third kappa shape index (κ3) is 2.81. The van der Waals surface area contributed by atoms with E-state index in [1.165, 1.54) is 0 Å². The zero-order chi connectivity index (χ0) is 13.0. The van der Waals surface area contributed by atoms with Crippen LogP contribution in [0.2, 0.25) is 0 Å². The predicted molar refractivity (Wildman–Crippen MR) is 68.5 cm³/mol. The van der Waals surface area contributed by atoms with E-state index in [2.05, 4.69) is 22.2 Å². The van der Waals surface area contributed by atoms with Crippen LogP contribution in [0, 0.1) is 0 Å². The maximum absolute atomic E-state index is 9.54. The Bertz CT molecular complexity index is 497. The van der Waals surface area contributed by atoms with Crippen LogP contribution in [-0.4, -0.2) is 22.2 Å². The first-order chi connectivity index (χ1) is 8.70. The molecule has 5 nitrogen and oxygen atoms in total. The first-order valence-corrected chi connectivity index (χ1v) is 5.78. The van der Waals surface area contributed by atoms with Gasteiger partial charge in [0.15, 0.2) is 11.5 Å². The van der Waals surface area contributed by atoms with Crippen LogP contribution in [0.3, 0.4) is 0 Å². The number of rotatable bonds is 5. The second kappa shape index (κ2) is 5.55. The smallest absolute Gasteiger partial charge is 0.160 e. The van der Waals surface area contributed by atoms with Gasteiger partial charge in [-0.1, -0.05) is 6.07 Å². The number of ether oxygens (including phenoxy) is 1. The minimum Gasteiger partial charge on any atom is -0.504 e. The normalized spacial score (nSPS) is 12.3.